The number of aromatic nitrogens is 1. The maximum atomic E-state index is 11.8. The van der Waals surface area contributed by atoms with Crippen LogP contribution in [0.1, 0.15) is 18.0 Å². The molecule has 5 nitrogen and oxygen atoms in total. The normalized spacial score (nSPS) is 25.5. The summed E-state index contributed by atoms with van der Waals surface area (Å²) in [7, 11) is 1.41. The average molecular weight is 248 g/mol. The number of pyridine rings is 1. The molecule has 96 valence electrons. The van der Waals surface area contributed by atoms with E-state index >= 15 is 0 Å². The summed E-state index contributed by atoms with van der Waals surface area (Å²) < 4.78 is 6.64. The first kappa shape index (κ1) is 11.3. The van der Waals surface area contributed by atoms with Gasteiger partial charge < -0.3 is 14.2 Å². The van der Waals surface area contributed by atoms with Crippen LogP contribution in [-0.2, 0) is 11.3 Å². The largest absolute Gasteiger partial charge is 0.453 e. The molecule has 0 aromatic carbocycles. The second-order valence-electron chi connectivity index (χ2n) is 5.07. The van der Waals surface area contributed by atoms with Gasteiger partial charge in [0.25, 0.3) is 5.56 Å². The molecule has 1 amide bonds. The van der Waals surface area contributed by atoms with Crippen LogP contribution < -0.4 is 5.56 Å². The van der Waals surface area contributed by atoms with E-state index in [9.17, 15) is 9.59 Å². The molecular formula is C13H16N2O3. The van der Waals surface area contributed by atoms with Crippen molar-refractivity contribution in [2.24, 2.45) is 5.92 Å². The van der Waals surface area contributed by atoms with Gasteiger partial charge in [0.05, 0.1) is 7.11 Å². The highest BCUT2D eigenvalue weighted by Gasteiger charge is 2.36. The molecule has 2 aliphatic rings. The maximum absolute atomic E-state index is 11.8. The number of hydrogen-bond acceptors (Lipinski definition) is 3. The number of nitrogens with zero attached hydrogens (tertiary/aromatic N) is 2. The van der Waals surface area contributed by atoms with Crippen LogP contribution in [-0.4, -0.2) is 35.8 Å². The zero-order valence-electron chi connectivity index (χ0n) is 10.3. The van der Waals surface area contributed by atoms with Gasteiger partial charge in [-0.05, 0) is 18.4 Å². The number of ether oxygens (including phenoxy) is 1. The van der Waals surface area contributed by atoms with E-state index < -0.39 is 0 Å². The lowest BCUT2D eigenvalue weighted by atomic mass is 9.83. The number of carbonyl (C=O) groups excluding carboxylic acids is 1. The minimum atomic E-state index is -0.267. The summed E-state index contributed by atoms with van der Waals surface area (Å²) in [4.78, 5) is 25.2. The van der Waals surface area contributed by atoms with Gasteiger partial charge in [0.15, 0.2) is 0 Å². The van der Waals surface area contributed by atoms with Crippen molar-refractivity contribution < 1.29 is 9.53 Å². The van der Waals surface area contributed by atoms with Gasteiger partial charge >= 0.3 is 6.09 Å². The van der Waals surface area contributed by atoms with E-state index in [0.717, 1.165) is 12.1 Å². The fraction of sp³-hybridized carbons (Fsp3) is 0.538. The summed E-state index contributed by atoms with van der Waals surface area (Å²) in [6, 6.07) is 5.39. The van der Waals surface area contributed by atoms with Gasteiger partial charge in [0.2, 0.25) is 0 Å². The molecule has 18 heavy (non-hydrogen) atoms. The lowest BCUT2D eigenvalue weighted by Crippen LogP contribution is -2.49. The molecule has 0 radical (unpaired) electrons. The molecule has 2 atom stereocenters. The van der Waals surface area contributed by atoms with E-state index in [1.165, 1.54) is 7.11 Å². The van der Waals surface area contributed by atoms with Crippen LogP contribution in [0.4, 0.5) is 4.79 Å². The lowest BCUT2D eigenvalue weighted by Gasteiger charge is -2.42. The minimum absolute atomic E-state index is 0.0636. The van der Waals surface area contributed by atoms with Crippen LogP contribution in [0.2, 0.25) is 0 Å². The third-order valence-corrected chi connectivity index (χ3v) is 3.91. The van der Waals surface area contributed by atoms with Gasteiger partial charge in [-0.15, -0.1) is 0 Å². The third kappa shape index (κ3) is 1.70. The second-order valence-corrected chi connectivity index (χ2v) is 5.07. The zero-order valence-corrected chi connectivity index (χ0v) is 10.3. The molecule has 2 aliphatic heterocycles. The van der Waals surface area contributed by atoms with Crippen molar-refractivity contribution in [2.75, 3.05) is 20.2 Å². The highest BCUT2D eigenvalue weighted by molar-refractivity contribution is 5.67. The van der Waals surface area contributed by atoms with Crippen LogP contribution in [0.25, 0.3) is 0 Å². The number of methoxy groups -OCH3 is 1. The second kappa shape index (κ2) is 4.15. The average Bonchev–Trinajstić information content (AvgIpc) is 2.39. The molecule has 1 fully saturated rings. The Balaban J connectivity index is 1.95. The van der Waals surface area contributed by atoms with E-state index in [1.807, 2.05) is 10.6 Å². The van der Waals surface area contributed by atoms with E-state index in [0.29, 0.717) is 25.6 Å². The van der Waals surface area contributed by atoms with Crippen LogP contribution >= 0.6 is 0 Å². The van der Waals surface area contributed by atoms with Crippen molar-refractivity contribution in [3.63, 3.8) is 0 Å². The van der Waals surface area contributed by atoms with Gasteiger partial charge in [-0.2, -0.15) is 0 Å². The fourth-order valence-electron chi connectivity index (χ4n) is 3.17. The van der Waals surface area contributed by atoms with Crippen LogP contribution in [0, 0.1) is 5.92 Å². The molecule has 2 bridgehead atoms. The molecule has 0 spiro atoms. The predicted molar refractivity (Wildman–Crippen MR) is 65.5 cm³/mol. The number of fused-ring (bicyclic) bond motifs is 4. The summed E-state index contributed by atoms with van der Waals surface area (Å²) in [6.45, 7) is 2.04. The van der Waals surface area contributed by atoms with Crippen molar-refractivity contribution in [1.82, 2.24) is 9.47 Å². The summed E-state index contributed by atoms with van der Waals surface area (Å²) in [6.07, 6.45) is 0.785. The lowest BCUT2D eigenvalue weighted by molar-refractivity contribution is 0.0830. The van der Waals surface area contributed by atoms with Crippen LogP contribution in [0.5, 0.6) is 0 Å². The van der Waals surface area contributed by atoms with Gasteiger partial charge in [-0.25, -0.2) is 4.79 Å². The standard InChI is InChI=1S/C13H16N2O3/c1-18-13(17)14-6-9-5-10(8-14)11-3-2-4-12(16)15(11)7-9/h2-4,9-10H,5-8H2,1H3. The molecule has 1 saturated heterocycles. The number of amides is 1. The molecule has 0 saturated carbocycles. The molecular weight excluding hydrogens is 232 g/mol. The van der Waals surface area contributed by atoms with Crippen LogP contribution in [0.15, 0.2) is 23.0 Å². The minimum Gasteiger partial charge on any atom is -0.453 e. The summed E-state index contributed by atoms with van der Waals surface area (Å²) >= 11 is 0. The number of carbonyl (C=O) groups is 1. The Kier molecular flexibility index (Phi) is 2.61. The van der Waals surface area contributed by atoms with Gasteiger partial charge in [0, 0.05) is 37.3 Å². The third-order valence-electron chi connectivity index (χ3n) is 3.91. The SMILES string of the molecule is COC(=O)N1CC2CC(C1)c1cccc(=O)n1C2. The Morgan fingerprint density at radius 1 is 1.33 bits per heavy atom. The molecule has 3 rings (SSSR count). The quantitative estimate of drug-likeness (QED) is 0.689. The van der Waals surface area contributed by atoms with Crippen LogP contribution in [0.3, 0.4) is 0 Å². The van der Waals surface area contributed by atoms with Gasteiger partial charge in [-0.3, -0.25) is 4.79 Å². The first-order valence-corrected chi connectivity index (χ1v) is 6.21. The van der Waals surface area contributed by atoms with Crippen molar-refractivity contribution in [3.05, 3.63) is 34.2 Å². The van der Waals surface area contributed by atoms with Crippen molar-refractivity contribution >= 4 is 6.09 Å². The smallest absolute Gasteiger partial charge is 0.409 e. The van der Waals surface area contributed by atoms with Gasteiger partial charge in [0.1, 0.15) is 0 Å². The van der Waals surface area contributed by atoms with Gasteiger partial charge in [-0.1, -0.05) is 6.07 Å². The topological polar surface area (TPSA) is 51.5 Å². The fourth-order valence-corrected chi connectivity index (χ4v) is 3.17. The van der Waals surface area contributed by atoms with E-state index in [-0.39, 0.29) is 17.6 Å². The number of piperidine rings is 1. The monoisotopic (exact) mass is 248 g/mol. The van der Waals surface area contributed by atoms with Crippen molar-refractivity contribution in [2.45, 2.75) is 18.9 Å². The summed E-state index contributed by atoms with van der Waals surface area (Å²) in [5, 5.41) is 0. The molecule has 2 unspecified atom stereocenters. The van der Waals surface area contributed by atoms with E-state index in [4.69, 9.17) is 4.74 Å². The molecule has 0 aliphatic carbocycles. The molecule has 5 heteroatoms. The molecule has 0 N–H and O–H groups in total. The maximum Gasteiger partial charge on any atom is 0.409 e. The number of rotatable bonds is 0. The Morgan fingerprint density at radius 3 is 2.94 bits per heavy atom. The predicted octanol–water partition coefficient (Wildman–Crippen LogP) is 1.03. The Morgan fingerprint density at radius 2 is 2.17 bits per heavy atom. The number of hydrogen-bond donors (Lipinski definition) is 0. The molecule has 3 heterocycles. The summed E-state index contributed by atoms with van der Waals surface area (Å²) in [5.41, 5.74) is 1.11. The highest BCUT2D eigenvalue weighted by Crippen LogP contribution is 2.34. The van der Waals surface area contributed by atoms with E-state index in [1.54, 1.807) is 17.0 Å². The zero-order chi connectivity index (χ0) is 12.7. The Hall–Kier alpha value is -1.78. The number of likely N-dealkylation sites (tertiary alicyclic amines) is 1. The molecule has 1 aromatic heterocycles. The van der Waals surface area contributed by atoms with Crippen molar-refractivity contribution in [1.29, 1.82) is 0 Å². The van der Waals surface area contributed by atoms with E-state index in [2.05, 4.69) is 0 Å². The Bertz CT molecular complexity index is 537. The first-order chi connectivity index (χ1) is 8.69. The van der Waals surface area contributed by atoms with Crippen molar-refractivity contribution in [3.8, 4) is 0 Å². The Labute approximate surface area is 105 Å². The first-order valence-electron chi connectivity index (χ1n) is 6.21. The summed E-state index contributed by atoms with van der Waals surface area (Å²) in [5.74, 6) is 0.612. The molecule has 1 aromatic rings. The highest BCUT2D eigenvalue weighted by atomic mass is 16.5.